The molecule has 3 rings (SSSR count). The Kier molecular flexibility index (Phi) is 6.06. The lowest BCUT2D eigenvalue weighted by Crippen LogP contribution is -2.27. The first-order chi connectivity index (χ1) is 11.3. The van der Waals surface area contributed by atoms with Gasteiger partial charge in [0.25, 0.3) is 0 Å². The van der Waals surface area contributed by atoms with Crippen LogP contribution in [0.1, 0.15) is 56.9 Å². The second kappa shape index (κ2) is 8.46. The molecule has 2 fully saturated rings. The van der Waals surface area contributed by atoms with E-state index in [1.165, 1.54) is 38.5 Å². The molecule has 4 heteroatoms. The molecule has 1 aromatic carbocycles. The Hall–Kier alpha value is -1.39. The van der Waals surface area contributed by atoms with Crippen LogP contribution in [0.2, 0.25) is 0 Å². The van der Waals surface area contributed by atoms with Crippen molar-refractivity contribution in [1.82, 2.24) is 5.32 Å². The lowest BCUT2D eigenvalue weighted by Gasteiger charge is -2.22. The number of hydrogen-bond donors (Lipinski definition) is 2. The van der Waals surface area contributed by atoms with Crippen molar-refractivity contribution in [2.45, 2.75) is 70.1 Å². The van der Waals surface area contributed by atoms with Crippen LogP contribution in [0.25, 0.3) is 0 Å². The summed E-state index contributed by atoms with van der Waals surface area (Å²) in [6, 6.07) is 8.38. The number of anilines is 1. The summed E-state index contributed by atoms with van der Waals surface area (Å²) < 4.78 is 6.01. The Bertz CT molecular complexity index is 506. The Morgan fingerprint density at radius 2 is 2.04 bits per heavy atom. The second-order valence-electron chi connectivity index (χ2n) is 6.82. The minimum Gasteiger partial charge on any atom is -0.374 e. The van der Waals surface area contributed by atoms with Crippen molar-refractivity contribution in [3.8, 4) is 0 Å². The Morgan fingerprint density at radius 1 is 1.17 bits per heavy atom. The number of benzene rings is 1. The van der Waals surface area contributed by atoms with Gasteiger partial charge in [-0.05, 0) is 49.9 Å². The highest BCUT2D eigenvalue weighted by Gasteiger charge is 2.18. The molecule has 4 nitrogen and oxygen atoms in total. The normalized spacial score (nSPS) is 22.2. The van der Waals surface area contributed by atoms with Gasteiger partial charge in [-0.3, -0.25) is 4.79 Å². The van der Waals surface area contributed by atoms with Crippen LogP contribution in [-0.4, -0.2) is 24.6 Å². The van der Waals surface area contributed by atoms with Crippen molar-refractivity contribution < 1.29 is 9.53 Å². The maximum absolute atomic E-state index is 12.1. The number of nitrogens with one attached hydrogen (secondary N) is 2. The Morgan fingerprint density at radius 3 is 2.83 bits per heavy atom. The lowest BCUT2D eigenvalue weighted by atomic mass is 9.98. The van der Waals surface area contributed by atoms with Gasteiger partial charge in [0, 0.05) is 18.2 Å². The average Bonchev–Trinajstić information content (AvgIpc) is 3.07. The van der Waals surface area contributed by atoms with E-state index in [9.17, 15) is 4.79 Å². The molecule has 1 saturated heterocycles. The second-order valence-corrected chi connectivity index (χ2v) is 6.82. The van der Waals surface area contributed by atoms with Crippen LogP contribution >= 0.6 is 0 Å². The molecule has 1 heterocycles. The minimum absolute atomic E-state index is 0.0924. The average molecular weight is 316 g/mol. The van der Waals surface area contributed by atoms with E-state index in [2.05, 4.69) is 16.7 Å². The van der Waals surface area contributed by atoms with Crippen molar-refractivity contribution >= 4 is 11.6 Å². The number of carbonyl (C=O) groups is 1. The van der Waals surface area contributed by atoms with Gasteiger partial charge in [-0.15, -0.1) is 0 Å². The predicted molar refractivity (Wildman–Crippen MR) is 92.4 cm³/mol. The molecule has 0 radical (unpaired) electrons. The first-order valence-electron chi connectivity index (χ1n) is 9.03. The molecule has 1 aromatic rings. The van der Waals surface area contributed by atoms with Gasteiger partial charge in [-0.1, -0.05) is 31.4 Å². The van der Waals surface area contributed by atoms with E-state index in [0.29, 0.717) is 25.2 Å². The number of hydrogen-bond acceptors (Lipinski definition) is 3. The maximum atomic E-state index is 12.1. The fraction of sp³-hybridized carbons (Fsp3) is 0.632. The Labute approximate surface area is 139 Å². The van der Waals surface area contributed by atoms with Gasteiger partial charge in [0.05, 0.1) is 12.7 Å². The summed E-state index contributed by atoms with van der Waals surface area (Å²) in [5.41, 5.74) is 2.00. The molecule has 1 atom stereocenters. The van der Waals surface area contributed by atoms with E-state index >= 15 is 0 Å². The zero-order chi connectivity index (χ0) is 15.9. The predicted octanol–water partition coefficient (Wildman–Crippen LogP) is 3.62. The van der Waals surface area contributed by atoms with Gasteiger partial charge >= 0.3 is 0 Å². The van der Waals surface area contributed by atoms with E-state index in [1.54, 1.807) is 0 Å². The minimum atomic E-state index is 0.0924. The summed E-state index contributed by atoms with van der Waals surface area (Å²) in [5.74, 6) is 0.0924. The largest absolute Gasteiger partial charge is 0.374 e. The highest BCUT2D eigenvalue weighted by Crippen LogP contribution is 2.22. The third-order valence-corrected chi connectivity index (χ3v) is 4.84. The van der Waals surface area contributed by atoms with Crippen molar-refractivity contribution in [1.29, 1.82) is 0 Å². The highest BCUT2D eigenvalue weighted by atomic mass is 16.5. The van der Waals surface area contributed by atoms with E-state index in [1.807, 2.05) is 18.2 Å². The smallest absolute Gasteiger partial charge is 0.225 e. The summed E-state index contributed by atoms with van der Waals surface area (Å²) in [6.07, 6.45) is 9.53. The fourth-order valence-corrected chi connectivity index (χ4v) is 3.55. The van der Waals surface area contributed by atoms with E-state index in [0.717, 1.165) is 24.2 Å². The van der Waals surface area contributed by atoms with Gasteiger partial charge in [-0.2, -0.15) is 0 Å². The zero-order valence-electron chi connectivity index (χ0n) is 13.9. The lowest BCUT2D eigenvalue weighted by molar-refractivity contribution is -0.116. The van der Waals surface area contributed by atoms with Crippen molar-refractivity contribution in [2.24, 2.45) is 0 Å². The number of amides is 1. The fourth-order valence-electron chi connectivity index (χ4n) is 3.55. The molecule has 0 aromatic heterocycles. The van der Waals surface area contributed by atoms with Gasteiger partial charge in [0.1, 0.15) is 0 Å². The highest BCUT2D eigenvalue weighted by molar-refractivity contribution is 5.91. The van der Waals surface area contributed by atoms with Crippen LogP contribution < -0.4 is 10.6 Å². The summed E-state index contributed by atoms with van der Waals surface area (Å²) in [4.78, 5) is 12.1. The van der Waals surface area contributed by atoms with Crippen molar-refractivity contribution in [2.75, 3.05) is 11.9 Å². The maximum Gasteiger partial charge on any atom is 0.225 e. The van der Waals surface area contributed by atoms with Crippen molar-refractivity contribution in [3.05, 3.63) is 29.8 Å². The molecule has 1 aliphatic heterocycles. The summed E-state index contributed by atoms with van der Waals surface area (Å²) in [7, 11) is 0. The van der Waals surface area contributed by atoms with Gasteiger partial charge < -0.3 is 15.4 Å². The zero-order valence-corrected chi connectivity index (χ0v) is 13.9. The number of carbonyl (C=O) groups excluding carboxylic acids is 1. The van der Waals surface area contributed by atoms with Crippen LogP contribution in [0.4, 0.5) is 5.69 Å². The van der Waals surface area contributed by atoms with Crippen LogP contribution in [0.3, 0.4) is 0 Å². The molecule has 23 heavy (non-hydrogen) atoms. The number of rotatable bonds is 6. The molecular weight excluding hydrogens is 288 g/mol. The molecular formula is C19H28N2O2. The van der Waals surface area contributed by atoms with Gasteiger partial charge in [0.15, 0.2) is 0 Å². The van der Waals surface area contributed by atoms with Crippen LogP contribution in [0, 0.1) is 0 Å². The van der Waals surface area contributed by atoms with E-state index in [-0.39, 0.29) is 5.91 Å². The quantitative estimate of drug-likeness (QED) is 0.843. The molecule has 1 saturated carbocycles. The molecule has 1 amide bonds. The third kappa shape index (κ3) is 5.33. The third-order valence-electron chi connectivity index (χ3n) is 4.84. The Balaban J connectivity index is 1.47. The summed E-state index contributed by atoms with van der Waals surface area (Å²) >= 11 is 0. The standard InChI is InChI=1S/C19H28N2O2/c22-19(13-16-8-5-11-20-16)21-17-7-4-6-15(12-17)14-23-18-9-2-1-3-10-18/h4,6-7,12,16,18,20H,1-3,5,8-11,13-14H2,(H,21,22). The van der Waals surface area contributed by atoms with Crippen LogP contribution in [0.5, 0.6) is 0 Å². The summed E-state index contributed by atoms with van der Waals surface area (Å²) in [6.45, 7) is 1.67. The van der Waals surface area contributed by atoms with Gasteiger partial charge in [0.2, 0.25) is 5.91 Å². The molecule has 2 aliphatic rings. The molecule has 2 N–H and O–H groups in total. The molecule has 126 valence electrons. The monoisotopic (exact) mass is 316 g/mol. The first-order valence-corrected chi connectivity index (χ1v) is 9.03. The summed E-state index contributed by atoms with van der Waals surface area (Å²) in [5, 5.41) is 6.37. The van der Waals surface area contributed by atoms with Gasteiger partial charge in [-0.25, -0.2) is 0 Å². The van der Waals surface area contributed by atoms with E-state index in [4.69, 9.17) is 4.74 Å². The molecule has 1 aliphatic carbocycles. The molecule has 0 bridgehead atoms. The molecule has 0 spiro atoms. The topological polar surface area (TPSA) is 50.4 Å². The van der Waals surface area contributed by atoms with Crippen molar-refractivity contribution in [3.63, 3.8) is 0 Å². The van der Waals surface area contributed by atoms with E-state index < -0.39 is 0 Å². The van der Waals surface area contributed by atoms with Crippen LogP contribution in [-0.2, 0) is 16.1 Å². The SMILES string of the molecule is O=C(CC1CCCN1)Nc1cccc(COC2CCCCC2)c1. The first kappa shape index (κ1) is 16.5. The van der Waals surface area contributed by atoms with Crippen LogP contribution in [0.15, 0.2) is 24.3 Å². The number of ether oxygens (including phenoxy) is 1. The molecule has 1 unspecified atom stereocenters.